The number of carbonyl (C=O) groups excluding carboxylic acids is 3. The maximum Gasteiger partial charge on any atom is 0.289 e. The average molecular weight is 556 g/mol. The van der Waals surface area contributed by atoms with Gasteiger partial charge in [-0.25, -0.2) is 0 Å². The number of piperidine rings is 2. The Kier molecular flexibility index (Phi) is 7.68. The molecule has 0 N–H and O–H groups in total. The van der Waals surface area contributed by atoms with Crippen molar-refractivity contribution >= 4 is 51.9 Å². The number of nitrogens with zero attached hydrogens (tertiary/aromatic N) is 3. The normalized spacial score (nSPS) is 20.5. The number of amides is 3. The van der Waals surface area contributed by atoms with Gasteiger partial charge in [0.15, 0.2) is 5.76 Å². The number of likely N-dealkylation sites (N-methyl/N-ethyl adjacent to an activating group) is 1. The van der Waals surface area contributed by atoms with Gasteiger partial charge in [0.2, 0.25) is 11.8 Å². The van der Waals surface area contributed by atoms with Crippen LogP contribution >= 0.6 is 23.2 Å². The highest BCUT2D eigenvalue weighted by Crippen LogP contribution is 2.36. The van der Waals surface area contributed by atoms with Crippen LogP contribution in [0.1, 0.15) is 48.2 Å². The molecule has 2 aliphatic heterocycles. The van der Waals surface area contributed by atoms with Crippen LogP contribution < -0.4 is 0 Å². The van der Waals surface area contributed by atoms with Gasteiger partial charge in [-0.2, -0.15) is 0 Å². The summed E-state index contributed by atoms with van der Waals surface area (Å²) in [6, 6.07) is 14.7. The lowest BCUT2D eigenvalue weighted by Gasteiger charge is -2.44. The average Bonchev–Trinajstić information content (AvgIpc) is 3.37. The Labute approximate surface area is 232 Å². The molecule has 2 aliphatic rings. The number of hydrogen-bond acceptors (Lipinski definition) is 4. The third-order valence-electron chi connectivity index (χ3n) is 8.00. The number of hydrogen-bond donors (Lipinski definition) is 0. The summed E-state index contributed by atoms with van der Waals surface area (Å²) >= 11 is 12.6. The minimum Gasteiger partial charge on any atom is -0.451 e. The lowest BCUT2D eigenvalue weighted by atomic mass is 9.84. The predicted octanol–water partition coefficient (Wildman–Crippen LogP) is 5.45. The van der Waals surface area contributed by atoms with Gasteiger partial charge in [-0.05, 0) is 49.1 Å². The first-order valence-electron chi connectivity index (χ1n) is 13.0. The van der Waals surface area contributed by atoms with E-state index in [1.165, 1.54) is 0 Å². The van der Waals surface area contributed by atoms with E-state index in [4.69, 9.17) is 27.6 Å². The number of fused-ring (bicyclic) bond motifs is 1. The molecule has 3 aromatic rings. The number of para-hydroxylation sites is 1. The van der Waals surface area contributed by atoms with E-state index >= 15 is 0 Å². The van der Waals surface area contributed by atoms with Gasteiger partial charge in [-0.15, -0.1) is 0 Å². The summed E-state index contributed by atoms with van der Waals surface area (Å²) in [5, 5.41) is 1.77. The van der Waals surface area contributed by atoms with Crippen LogP contribution in [-0.4, -0.2) is 71.7 Å². The molecule has 200 valence electrons. The molecule has 2 saturated heterocycles. The van der Waals surface area contributed by atoms with E-state index in [9.17, 15) is 14.4 Å². The van der Waals surface area contributed by atoms with Gasteiger partial charge in [-0.3, -0.25) is 14.4 Å². The lowest BCUT2D eigenvalue weighted by Crippen LogP contribution is -2.53. The van der Waals surface area contributed by atoms with Crippen LogP contribution in [0.25, 0.3) is 11.0 Å². The van der Waals surface area contributed by atoms with E-state index < -0.39 is 0 Å². The maximum absolute atomic E-state index is 13.5. The van der Waals surface area contributed by atoms with E-state index in [2.05, 4.69) is 0 Å². The number of benzene rings is 2. The second-order valence-electron chi connectivity index (χ2n) is 10.3. The van der Waals surface area contributed by atoms with E-state index in [1.54, 1.807) is 35.9 Å². The smallest absolute Gasteiger partial charge is 0.289 e. The van der Waals surface area contributed by atoms with Gasteiger partial charge in [0.25, 0.3) is 5.91 Å². The molecule has 0 saturated carbocycles. The van der Waals surface area contributed by atoms with Crippen molar-refractivity contribution in [3.05, 3.63) is 69.9 Å². The van der Waals surface area contributed by atoms with Gasteiger partial charge in [0.05, 0.1) is 10.0 Å². The summed E-state index contributed by atoms with van der Waals surface area (Å²) in [6.45, 7) is 3.79. The highest BCUT2D eigenvalue weighted by molar-refractivity contribution is 6.42. The molecule has 2 fully saturated rings. The Balaban J connectivity index is 1.38. The number of rotatable bonds is 4. The summed E-state index contributed by atoms with van der Waals surface area (Å²) in [4.78, 5) is 44.2. The minimum atomic E-state index is -0.201. The Morgan fingerprint density at radius 2 is 1.63 bits per heavy atom. The van der Waals surface area contributed by atoms with Crippen molar-refractivity contribution < 1.29 is 18.8 Å². The van der Waals surface area contributed by atoms with Crippen LogP contribution in [0.2, 0.25) is 10.0 Å². The molecule has 9 heteroatoms. The summed E-state index contributed by atoms with van der Waals surface area (Å²) in [6.07, 6.45) is 1.95. The summed E-state index contributed by atoms with van der Waals surface area (Å²) < 4.78 is 5.86. The number of halogens is 2. The second kappa shape index (κ2) is 11.0. The van der Waals surface area contributed by atoms with Crippen molar-refractivity contribution in [1.82, 2.24) is 14.7 Å². The lowest BCUT2D eigenvalue weighted by molar-refractivity contribution is -0.141. The molecule has 38 heavy (non-hydrogen) atoms. The summed E-state index contributed by atoms with van der Waals surface area (Å²) in [5.74, 6) is -0.00823. The van der Waals surface area contributed by atoms with Crippen LogP contribution in [0.4, 0.5) is 0 Å². The molecular formula is C29H31Cl2N3O4. The molecule has 0 aliphatic carbocycles. The zero-order chi connectivity index (χ0) is 27.0. The number of furan rings is 1. The fourth-order valence-corrected chi connectivity index (χ4v) is 6.09. The van der Waals surface area contributed by atoms with Crippen LogP contribution in [0.3, 0.4) is 0 Å². The van der Waals surface area contributed by atoms with Crippen LogP contribution in [-0.2, 0) is 9.59 Å². The Hall–Kier alpha value is -3.03. The Morgan fingerprint density at radius 1 is 0.921 bits per heavy atom. The largest absolute Gasteiger partial charge is 0.451 e. The molecule has 0 bridgehead atoms. The number of likely N-dealkylation sites (tertiary alicyclic amines) is 2. The fourth-order valence-electron chi connectivity index (χ4n) is 5.79. The molecule has 3 heterocycles. The highest BCUT2D eigenvalue weighted by atomic mass is 35.5. The minimum absolute atomic E-state index is 0.0496. The molecule has 7 nitrogen and oxygen atoms in total. The third-order valence-corrected chi connectivity index (χ3v) is 8.74. The molecule has 0 unspecified atom stereocenters. The van der Waals surface area contributed by atoms with Gasteiger partial charge >= 0.3 is 0 Å². The Morgan fingerprint density at radius 3 is 2.32 bits per heavy atom. The van der Waals surface area contributed by atoms with Crippen molar-refractivity contribution in [3.8, 4) is 0 Å². The third kappa shape index (κ3) is 5.27. The monoisotopic (exact) mass is 555 g/mol. The van der Waals surface area contributed by atoms with Crippen molar-refractivity contribution in [2.24, 2.45) is 5.92 Å². The van der Waals surface area contributed by atoms with E-state index in [1.807, 2.05) is 41.3 Å². The molecule has 2 atom stereocenters. The molecule has 5 rings (SSSR count). The van der Waals surface area contributed by atoms with Crippen molar-refractivity contribution in [1.29, 1.82) is 0 Å². The van der Waals surface area contributed by atoms with E-state index in [0.29, 0.717) is 61.1 Å². The zero-order valence-electron chi connectivity index (χ0n) is 21.5. The molecule has 1 aromatic heterocycles. The van der Waals surface area contributed by atoms with Gasteiger partial charge < -0.3 is 19.1 Å². The quantitative estimate of drug-likeness (QED) is 0.428. The summed E-state index contributed by atoms with van der Waals surface area (Å²) in [5.41, 5.74) is 1.60. The first-order chi connectivity index (χ1) is 18.2. The van der Waals surface area contributed by atoms with Gasteiger partial charge in [0, 0.05) is 63.4 Å². The van der Waals surface area contributed by atoms with Gasteiger partial charge in [-0.1, -0.05) is 47.5 Å². The maximum atomic E-state index is 13.5. The SMILES string of the molecule is CC(=O)N1CCC(C(=O)N2CC[C@@H](N(C)C(=O)c3cc4ccccc4o3)[C@H](c3ccc(Cl)c(Cl)c3)C2)CC1. The first-order valence-corrected chi connectivity index (χ1v) is 13.7. The van der Waals surface area contributed by atoms with Gasteiger partial charge in [0.1, 0.15) is 5.58 Å². The topological polar surface area (TPSA) is 74.1 Å². The zero-order valence-corrected chi connectivity index (χ0v) is 23.0. The molecule has 0 spiro atoms. The molecule has 3 amide bonds. The molecule has 0 radical (unpaired) electrons. The van der Waals surface area contributed by atoms with Crippen LogP contribution in [0, 0.1) is 5.92 Å². The van der Waals surface area contributed by atoms with Crippen molar-refractivity contribution in [2.45, 2.75) is 38.1 Å². The first kappa shape index (κ1) is 26.6. The Bertz CT molecular complexity index is 1330. The van der Waals surface area contributed by atoms with Crippen molar-refractivity contribution in [3.63, 3.8) is 0 Å². The number of carbonyl (C=O) groups is 3. The molecular weight excluding hydrogens is 525 g/mol. The van der Waals surface area contributed by atoms with E-state index in [-0.39, 0.29) is 41.4 Å². The summed E-state index contributed by atoms with van der Waals surface area (Å²) in [7, 11) is 1.79. The highest BCUT2D eigenvalue weighted by Gasteiger charge is 2.39. The van der Waals surface area contributed by atoms with Crippen LogP contribution in [0.5, 0.6) is 0 Å². The standard InChI is InChI=1S/C29H31Cl2N3O4/c1-18(35)33-12-9-19(10-13-33)28(36)34-14-11-25(22(17-34)20-7-8-23(30)24(31)15-20)32(2)29(37)27-16-21-5-3-4-6-26(21)38-27/h3-8,15-16,19,22,25H,9-14,17H2,1-2H3/t22-,25+/m0/s1. The second-order valence-corrected chi connectivity index (χ2v) is 11.1. The van der Waals surface area contributed by atoms with Crippen LogP contribution in [0.15, 0.2) is 52.9 Å². The van der Waals surface area contributed by atoms with E-state index in [0.717, 1.165) is 10.9 Å². The fraction of sp³-hybridized carbons (Fsp3) is 0.414. The van der Waals surface area contributed by atoms with Crippen molar-refractivity contribution in [2.75, 3.05) is 33.2 Å². The predicted molar refractivity (Wildman–Crippen MR) is 147 cm³/mol. The molecule has 2 aromatic carbocycles.